The molecule has 61 heavy (non-hydrogen) atoms. The summed E-state index contributed by atoms with van der Waals surface area (Å²) in [6.07, 6.45) is 3.20. The van der Waals surface area contributed by atoms with E-state index in [-0.39, 0.29) is 60.6 Å². The number of nitrogens with one attached hydrogen (secondary N) is 1. The smallest absolute Gasteiger partial charge is 0.410 e. The fourth-order valence-electron chi connectivity index (χ4n) is 6.75. The molecule has 1 aromatic carbocycles. The number of nitrogens with zero attached hydrogens (tertiary/aromatic N) is 7. The van der Waals surface area contributed by atoms with Crippen molar-refractivity contribution >= 4 is 46.8 Å². The number of carbonyl (C=O) groups is 3. The summed E-state index contributed by atoms with van der Waals surface area (Å²) >= 11 is 14.3. The Bertz CT molecular complexity index is 2530. The molecule has 0 aliphatic carbocycles. The van der Waals surface area contributed by atoms with Gasteiger partial charge in [-0.2, -0.15) is 0 Å². The van der Waals surface area contributed by atoms with Gasteiger partial charge in [0, 0.05) is 79.4 Å². The number of amides is 3. The summed E-state index contributed by atoms with van der Waals surface area (Å²) in [5.74, 6) is 0.232. The zero-order valence-corrected chi connectivity index (χ0v) is 37.2. The first-order chi connectivity index (χ1) is 28.8. The number of pyridine rings is 2. The number of ether oxygens (including phenoxy) is 4. The number of benzene rings is 1. The number of hydrogen-bond acceptors (Lipinski definition) is 11. The van der Waals surface area contributed by atoms with Gasteiger partial charge in [0.2, 0.25) is 11.8 Å². The first-order valence-corrected chi connectivity index (χ1v) is 20.4. The van der Waals surface area contributed by atoms with E-state index in [2.05, 4.69) is 15.4 Å². The Morgan fingerprint density at radius 3 is 2.26 bits per heavy atom. The van der Waals surface area contributed by atoms with Crippen LogP contribution in [-0.4, -0.2) is 104 Å². The Balaban J connectivity index is 1.28. The van der Waals surface area contributed by atoms with E-state index >= 15 is 0 Å². The topological polar surface area (TPSA) is 172 Å². The third-order valence-corrected chi connectivity index (χ3v) is 10.4. The molecule has 1 aliphatic rings. The van der Waals surface area contributed by atoms with E-state index in [1.165, 1.54) is 28.2 Å². The van der Waals surface area contributed by atoms with Crippen molar-refractivity contribution in [2.75, 3.05) is 34.4 Å². The minimum Gasteiger partial charge on any atom is -0.481 e. The number of fused-ring (bicyclic) bond motifs is 1. The van der Waals surface area contributed by atoms with Gasteiger partial charge in [-0.15, -0.1) is 5.10 Å². The molecule has 1 N–H and O–H groups in total. The fourth-order valence-corrected chi connectivity index (χ4v) is 7.40. The molecule has 1 aliphatic heterocycles. The molecule has 4 aromatic heterocycles. The van der Waals surface area contributed by atoms with Crippen LogP contribution in [0.3, 0.4) is 0 Å². The predicted octanol–water partition coefficient (Wildman–Crippen LogP) is 7.49. The summed E-state index contributed by atoms with van der Waals surface area (Å²) in [6.45, 7) is 11.4. The summed E-state index contributed by atoms with van der Waals surface area (Å²) in [5.41, 5.74) is 2.27. The molecule has 1 saturated heterocycles. The van der Waals surface area contributed by atoms with Gasteiger partial charge in [0.25, 0.3) is 5.56 Å². The van der Waals surface area contributed by atoms with Gasteiger partial charge in [-0.25, -0.2) is 19.1 Å². The van der Waals surface area contributed by atoms with Crippen molar-refractivity contribution in [3.05, 3.63) is 80.8 Å². The van der Waals surface area contributed by atoms with E-state index in [0.717, 1.165) is 0 Å². The quantitative estimate of drug-likeness (QED) is 0.132. The standard InChI is InChI=1S/C43H50Cl2N8O8/c1-42(2,3)60-40(56)50(7)19-20-52-38(55)32-21-26(23-53(32)49-39(52)59-9)36-35(45)29(17-18-46-36)28-11-10-12-30(34(28)44)31-15-13-25(37(48-31)58-8)22-51(41(57)61-43(4,5)6)24-27-14-16-33(54)47-27/h10-13,15,17-18,21,23,27H,14,16,19-20,22,24H2,1-9H3,(H,47,54). The maximum atomic E-state index is 13.8. The number of methoxy groups -OCH3 is 2. The molecule has 5 aromatic rings. The Labute approximate surface area is 363 Å². The summed E-state index contributed by atoms with van der Waals surface area (Å²) in [6, 6.07) is 12.3. The lowest BCUT2D eigenvalue weighted by molar-refractivity contribution is -0.119. The molecule has 324 valence electrons. The van der Waals surface area contributed by atoms with E-state index in [1.807, 2.05) is 24.3 Å². The summed E-state index contributed by atoms with van der Waals surface area (Å²) in [7, 11) is 4.50. The highest BCUT2D eigenvalue weighted by molar-refractivity contribution is 6.39. The second-order valence-corrected chi connectivity index (χ2v) is 17.4. The van der Waals surface area contributed by atoms with Gasteiger partial charge < -0.3 is 34.1 Å². The van der Waals surface area contributed by atoms with Crippen LogP contribution < -0.4 is 20.3 Å². The lowest BCUT2D eigenvalue weighted by Gasteiger charge is -2.29. The first-order valence-electron chi connectivity index (χ1n) is 19.6. The second kappa shape index (κ2) is 18.0. The van der Waals surface area contributed by atoms with Crippen LogP contribution in [0.5, 0.6) is 11.9 Å². The van der Waals surface area contributed by atoms with Crippen LogP contribution in [-0.2, 0) is 27.4 Å². The maximum Gasteiger partial charge on any atom is 0.410 e. The minimum absolute atomic E-state index is 0.0475. The molecule has 0 spiro atoms. The Hall–Kier alpha value is -5.87. The van der Waals surface area contributed by atoms with E-state index < -0.39 is 28.9 Å². The molecule has 5 heterocycles. The number of rotatable bonds is 12. The maximum absolute atomic E-state index is 13.8. The van der Waals surface area contributed by atoms with Crippen LogP contribution in [0.4, 0.5) is 9.59 Å². The number of likely N-dealkylation sites (N-methyl/N-ethyl adjacent to an activating group) is 1. The molecular formula is C43H50Cl2N8O8. The third-order valence-electron chi connectivity index (χ3n) is 9.63. The lowest BCUT2D eigenvalue weighted by atomic mass is 10.00. The van der Waals surface area contributed by atoms with Gasteiger partial charge in [-0.05, 0) is 72.2 Å². The van der Waals surface area contributed by atoms with Crippen LogP contribution in [0.15, 0.2) is 59.7 Å². The molecule has 1 unspecified atom stereocenters. The summed E-state index contributed by atoms with van der Waals surface area (Å²) < 4.78 is 25.1. The van der Waals surface area contributed by atoms with Crippen LogP contribution in [0.2, 0.25) is 10.0 Å². The SMILES string of the molecule is COc1nc(-c2cccc(-c3ccnc(-c4cc5c(=O)n(CCN(C)C(=O)OC(C)(C)C)c(OC)nn5c4)c3Cl)c2Cl)ccc1CN(CC1CCC(=O)N1)C(=O)OC(C)(C)C. The summed E-state index contributed by atoms with van der Waals surface area (Å²) in [5, 5.41) is 8.08. The molecule has 0 bridgehead atoms. The Morgan fingerprint density at radius 1 is 0.918 bits per heavy atom. The molecule has 0 radical (unpaired) electrons. The molecular weight excluding hydrogens is 827 g/mol. The molecule has 1 atom stereocenters. The highest BCUT2D eigenvalue weighted by Gasteiger charge is 2.30. The van der Waals surface area contributed by atoms with Crippen molar-refractivity contribution in [1.29, 1.82) is 0 Å². The van der Waals surface area contributed by atoms with Gasteiger partial charge in [0.1, 0.15) is 16.7 Å². The Kier molecular flexibility index (Phi) is 13.2. The van der Waals surface area contributed by atoms with E-state index in [9.17, 15) is 19.2 Å². The predicted molar refractivity (Wildman–Crippen MR) is 231 cm³/mol. The van der Waals surface area contributed by atoms with E-state index in [0.29, 0.717) is 57.1 Å². The molecule has 1 fully saturated rings. The minimum atomic E-state index is -0.726. The van der Waals surface area contributed by atoms with Gasteiger partial charge in [0.05, 0.1) is 42.2 Å². The summed E-state index contributed by atoms with van der Waals surface area (Å²) in [4.78, 5) is 63.9. The van der Waals surface area contributed by atoms with Crippen molar-refractivity contribution < 1.29 is 33.3 Å². The highest BCUT2D eigenvalue weighted by atomic mass is 35.5. The van der Waals surface area contributed by atoms with Crippen molar-refractivity contribution in [1.82, 2.24) is 39.3 Å². The number of halogens is 2. The lowest BCUT2D eigenvalue weighted by Crippen LogP contribution is -2.43. The van der Waals surface area contributed by atoms with Crippen molar-refractivity contribution in [2.24, 2.45) is 0 Å². The van der Waals surface area contributed by atoms with E-state index in [4.69, 9.17) is 47.1 Å². The van der Waals surface area contributed by atoms with Gasteiger partial charge in [-0.1, -0.05) is 41.4 Å². The van der Waals surface area contributed by atoms with Crippen LogP contribution in [0, 0.1) is 0 Å². The molecule has 0 saturated carbocycles. The van der Waals surface area contributed by atoms with Crippen molar-refractivity contribution in [3.63, 3.8) is 0 Å². The van der Waals surface area contributed by atoms with Crippen LogP contribution in [0.1, 0.15) is 59.9 Å². The van der Waals surface area contributed by atoms with Gasteiger partial charge in [0.15, 0.2) is 0 Å². The molecule has 16 nitrogen and oxygen atoms in total. The molecule has 18 heteroatoms. The Morgan fingerprint density at radius 2 is 1.61 bits per heavy atom. The first kappa shape index (κ1) is 44.7. The average molecular weight is 878 g/mol. The number of hydrogen-bond donors (Lipinski definition) is 1. The van der Waals surface area contributed by atoms with Gasteiger partial charge in [-0.3, -0.25) is 19.1 Å². The largest absolute Gasteiger partial charge is 0.481 e. The number of aromatic nitrogens is 5. The molecule has 6 rings (SSSR count). The third kappa shape index (κ3) is 10.4. The second-order valence-electron chi connectivity index (χ2n) is 16.6. The van der Waals surface area contributed by atoms with Crippen LogP contribution in [0.25, 0.3) is 39.2 Å². The van der Waals surface area contributed by atoms with Crippen molar-refractivity contribution in [2.45, 2.75) is 84.7 Å². The zero-order valence-electron chi connectivity index (χ0n) is 35.7. The van der Waals surface area contributed by atoms with Gasteiger partial charge >= 0.3 is 18.2 Å². The zero-order chi connectivity index (χ0) is 44.4. The normalized spacial score (nSPS) is 14.1. The number of carbonyl (C=O) groups excluding carboxylic acids is 3. The highest BCUT2D eigenvalue weighted by Crippen LogP contribution is 2.42. The van der Waals surface area contributed by atoms with E-state index in [1.54, 1.807) is 84.1 Å². The fraction of sp³-hybridized carbons (Fsp3) is 0.419. The van der Waals surface area contributed by atoms with Crippen LogP contribution >= 0.6 is 23.2 Å². The molecule has 3 amide bonds. The average Bonchev–Trinajstić information content (AvgIpc) is 3.81. The monoisotopic (exact) mass is 876 g/mol. The van der Waals surface area contributed by atoms with Crippen molar-refractivity contribution in [3.8, 4) is 45.5 Å².